The number of hydrogen-bond donors (Lipinski definition) is 2. The summed E-state index contributed by atoms with van der Waals surface area (Å²) in [5, 5.41) is 0.572. The van der Waals surface area contributed by atoms with Crippen LogP contribution in [0.1, 0.15) is 10.4 Å². The third-order valence-corrected chi connectivity index (χ3v) is 2.58. The quantitative estimate of drug-likeness (QED) is 0.574. The number of primary amides is 2. The van der Waals surface area contributed by atoms with Crippen molar-refractivity contribution < 1.29 is 14.4 Å². The fraction of sp³-hybridized carbons (Fsp3) is 0.0833. The molecule has 0 saturated heterocycles. The molecule has 2 rings (SSSR count). The van der Waals surface area contributed by atoms with Gasteiger partial charge in [0.1, 0.15) is 6.54 Å². The molecule has 0 fully saturated rings. The number of carbonyl (C=O) groups excluding carboxylic acids is 3. The van der Waals surface area contributed by atoms with Crippen LogP contribution in [0.3, 0.4) is 0 Å². The van der Waals surface area contributed by atoms with E-state index in [4.69, 9.17) is 11.5 Å². The van der Waals surface area contributed by atoms with Gasteiger partial charge in [0.15, 0.2) is 0 Å². The molecule has 2 amide bonds. The van der Waals surface area contributed by atoms with Gasteiger partial charge in [0.05, 0.1) is 5.56 Å². The largest absolute Gasteiger partial charge is 0.368 e. The van der Waals surface area contributed by atoms with Gasteiger partial charge in [0.25, 0.3) is 11.7 Å². The van der Waals surface area contributed by atoms with E-state index in [2.05, 4.69) is 0 Å². The van der Waals surface area contributed by atoms with Gasteiger partial charge in [0.2, 0.25) is 5.91 Å². The molecule has 1 aromatic heterocycles. The molecule has 0 saturated carbocycles. The van der Waals surface area contributed by atoms with Crippen LogP contribution in [0.15, 0.2) is 30.5 Å². The Bertz CT molecular complexity index is 658. The standard InChI is InChI=1S/C12H11N3O3/c13-10(16)6-15-5-8(11(17)12(14)18)7-3-1-2-4-9(7)15/h1-5H,6H2,(H2,13,16)(H2,14,18). The average Bonchev–Trinajstić information content (AvgIpc) is 2.67. The van der Waals surface area contributed by atoms with Crippen LogP contribution in [0.5, 0.6) is 0 Å². The van der Waals surface area contributed by atoms with Crippen LogP contribution in [-0.4, -0.2) is 22.2 Å². The Morgan fingerprint density at radius 2 is 1.78 bits per heavy atom. The average molecular weight is 245 g/mol. The Hall–Kier alpha value is -2.63. The first kappa shape index (κ1) is 11.8. The molecule has 0 spiro atoms. The molecular weight excluding hydrogens is 234 g/mol. The summed E-state index contributed by atoms with van der Waals surface area (Å²) in [5.41, 5.74) is 10.9. The smallest absolute Gasteiger partial charge is 0.289 e. The predicted molar refractivity (Wildman–Crippen MR) is 64.7 cm³/mol. The Balaban J connectivity index is 2.64. The summed E-state index contributed by atoms with van der Waals surface area (Å²) in [5.74, 6) is -2.35. The van der Waals surface area contributed by atoms with Gasteiger partial charge in [-0.2, -0.15) is 0 Å². The van der Waals surface area contributed by atoms with Crippen LogP contribution in [0.2, 0.25) is 0 Å². The number of ketones is 1. The third kappa shape index (κ3) is 1.95. The van der Waals surface area contributed by atoms with Crippen molar-refractivity contribution in [2.45, 2.75) is 6.54 Å². The molecule has 0 aliphatic heterocycles. The van der Waals surface area contributed by atoms with Crippen LogP contribution >= 0.6 is 0 Å². The molecule has 6 heteroatoms. The topological polar surface area (TPSA) is 108 Å². The fourth-order valence-corrected chi connectivity index (χ4v) is 1.86. The van der Waals surface area contributed by atoms with Gasteiger partial charge in [-0.3, -0.25) is 14.4 Å². The number of nitrogens with zero attached hydrogens (tertiary/aromatic N) is 1. The van der Waals surface area contributed by atoms with E-state index in [0.29, 0.717) is 10.9 Å². The van der Waals surface area contributed by atoms with E-state index < -0.39 is 17.6 Å². The Kier molecular flexibility index (Phi) is 2.85. The van der Waals surface area contributed by atoms with E-state index in [1.54, 1.807) is 24.3 Å². The second kappa shape index (κ2) is 4.33. The summed E-state index contributed by atoms with van der Waals surface area (Å²) >= 11 is 0. The second-order valence-electron chi connectivity index (χ2n) is 3.85. The summed E-state index contributed by atoms with van der Waals surface area (Å²) < 4.78 is 1.52. The SMILES string of the molecule is NC(=O)Cn1cc(C(=O)C(N)=O)c2ccccc21. The molecule has 0 bridgehead atoms. The van der Waals surface area contributed by atoms with Crippen LogP contribution in [-0.2, 0) is 16.1 Å². The highest BCUT2D eigenvalue weighted by Crippen LogP contribution is 2.21. The normalized spacial score (nSPS) is 10.4. The molecule has 1 heterocycles. The van der Waals surface area contributed by atoms with Gasteiger partial charge in [0, 0.05) is 17.1 Å². The maximum atomic E-state index is 11.7. The number of Topliss-reactive ketones (excluding diaryl/α,β-unsaturated/α-hetero) is 1. The Morgan fingerprint density at radius 3 is 2.39 bits per heavy atom. The summed E-state index contributed by atoms with van der Waals surface area (Å²) in [6.07, 6.45) is 1.42. The maximum Gasteiger partial charge on any atom is 0.289 e. The number of hydrogen-bond acceptors (Lipinski definition) is 3. The van der Waals surface area contributed by atoms with Gasteiger partial charge < -0.3 is 16.0 Å². The molecule has 0 aliphatic carbocycles. The first-order valence-electron chi connectivity index (χ1n) is 5.21. The van der Waals surface area contributed by atoms with Crippen molar-refractivity contribution in [3.05, 3.63) is 36.0 Å². The number of aromatic nitrogens is 1. The van der Waals surface area contributed by atoms with E-state index in [1.807, 2.05) is 0 Å². The number of benzene rings is 1. The van der Waals surface area contributed by atoms with Crippen LogP contribution in [0, 0.1) is 0 Å². The number of para-hydroxylation sites is 1. The summed E-state index contributed by atoms with van der Waals surface area (Å²) in [6, 6.07) is 6.91. The van der Waals surface area contributed by atoms with Gasteiger partial charge in [-0.25, -0.2) is 0 Å². The van der Waals surface area contributed by atoms with E-state index in [-0.39, 0.29) is 12.1 Å². The minimum absolute atomic E-state index is 0.0629. The zero-order valence-electron chi connectivity index (χ0n) is 9.42. The van der Waals surface area contributed by atoms with E-state index in [9.17, 15) is 14.4 Å². The monoisotopic (exact) mass is 245 g/mol. The van der Waals surface area contributed by atoms with Gasteiger partial charge in [-0.05, 0) is 6.07 Å². The molecule has 0 unspecified atom stereocenters. The van der Waals surface area contributed by atoms with Crippen molar-refractivity contribution >= 4 is 28.5 Å². The van der Waals surface area contributed by atoms with Gasteiger partial charge >= 0.3 is 0 Å². The first-order chi connectivity index (χ1) is 8.50. The lowest BCUT2D eigenvalue weighted by atomic mass is 10.1. The number of carbonyl (C=O) groups is 3. The maximum absolute atomic E-state index is 11.7. The lowest BCUT2D eigenvalue weighted by molar-refractivity contribution is -0.118. The molecular formula is C12H11N3O3. The Morgan fingerprint density at radius 1 is 1.11 bits per heavy atom. The highest BCUT2D eigenvalue weighted by Gasteiger charge is 2.19. The predicted octanol–water partition coefficient (Wildman–Crippen LogP) is -0.205. The highest BCUT2D eigenvalue weighted by atomic mass is 16.2. The van der Waals surface area contributed by atoms with Crippen molar-refractivity contribution in [1.29, 1.82) is 0 Å². The zero-order valence-corrected chi connectivity index (χ0v) is 9.42. The van der Waals surface area contributed by atoms with Gasteiger partial charge in [-0.1, -0.05) is 18.2 Å². The molecule has 18 heavy (non-hydrogen) atoms. The molecule has 92 valence electrons. The number of nitrogens with two attached hydrogens (primary N) is 2. The molecule has 6 nitrogen and oxygen atoms in total. The molecule has 0 aliphatic rings. The zero-order chi connectivity index (χ0) is 13.3. The molecule has 2 aromatic rings. The molecule has 0 radical (unpaired) electrons. The second-order valence-corrected chi connectivity index (χ2v) is 3.85. The lowest BCUT2D eigenvalue weighted by Gasteiger charge is -2.00. The third-order valence-electron chi connectivity index (χ3n) is 2.58. The molecule has 0 atom stereocenters. The summed E-state index contributed by atoms with van der Waals surface area (Å²) in [4.78, 5) is 33.6. The van der Waals surface area contributed by atoms with Crippen LogP contribution in [0.25, 0.3) is 10.9 Å². The van der Waals surface area contributed by atoms with Crippen LogP contribution < -0.4 is 11.5 Å². The summed E-state index contributed by atoms with van der Waals surface area (Å²) in [7, 11) is 0. The van der Waals surface area contributed by atoms with E-state index in [0.717, 1.165) is 0 Å². The van der Waals surface area contributed by atoms with Crippen molar-refractivity contribution in [3.63, 3.8) is 0 Å². The van der Waals surface area contributed by atoms with Crippen molar-refractivity contribution in [1.82, 2.24) is 4.57 Å². The lowest BCUT2D eigenvalue weighted by Crippen LogP contribution is -2.23. The molecule has 1 aromatic carbocycles. The summed E-state index contributed by atoms with van der Waals surface area (Å²) in [6.45, 7) is -0.0629. The minimum Gasteiger partial charge on any atom is -0.368 e. The number of amides is 2. The van der Waals surface area contributed by atoms with Gasteiger partial charge in [-0.15, -0.1) is 0 Å². The first-order valence-corrected chi connectivity index (χ1v) is 5.21. The number of fused-ring (bicyclic) bond motifs is 1. The van der Waals surface area contributed by atoms with Crippen molar-refractivity contribution in [2.24, 2.45) is 11.5 Å². The van der Waals surface area contributed by atoms with Crippen molar-refractivity contribution in [3.8, 4) is 0 Å². The van der Waals surface area contributed by atoms with Crippen molar-refractivity contribution in [2.75, 3.05) is 0 Å². The van der Waals surface area contributed by atoms with Crippen LogP contribution in [0.4, 0.5) is 0 Å². The minimum atomic E-state index is -1.03. The highest BCUT2D eigenvalue weighted by molar-refractivity contribution is 6.44. The van der Waals surface area contributed by atoms with E-state index in [1.165, 1.54) is 10.8 Å². The fourth-order valence-electron chi connectivity index (χ4n) is 1.86. The molecule has 4 N–H and O–H groups in total. The Labute approximate surface area is 102 Å². The van der Waals surface area contributed by atoms with E-state index >= 15 is 0 Å². The number of rotatable bonds is 4.